The molecule has 1 amide bonds. The van der Waals surface area contributed by atoms with Crippen LogP contribution in [0.15, 0.2) is 39.5 Å². The predicted molar refractivity (Wildman–Crippen MR) is 89.5 cm³/mol. The van der Waals surface area contributed by atoms with E-state index in [2.05, 4.69) is 20.5 Å². The maximum Gasteiger partial charge on any atom is 0.239 e. The van der Waals surface area contributed by atoms with E-state index in [-0.39, 0.29) is 11.2 Å². The number of thiazole rings is 1. The molecule has 0 aliphatic rings. The van der Waals surface area contributed by atoms with Crippen LogP contribution < -0.4 is 5.32 Å². The summed E-state index contributed by atoms with van der Waals surface area (Å²) in [6, 6.07) is 3.64. The summed E-state index contributed by atoms with van der Waals surface area (Å²) in [5, 5.41) is 13.9. The van der Waals surface area contributed by atoms with Gasteiger partial charge in [0.05, 0.1) is 11.5 Å². The Morgan fingerprint density at radius 3 is 3.04 bits per heavy atom. The van der Waals surface area contributed by atoms with Crippen molar-refractivity contribution in [3.63, 3.8) is 0 Å². The molecule has 0 spiro atoms. The number of nitrogens with one attached hydrogen (secondary N) is 1. The van der Waals surface area contributed by atoms with Gasteiger partial charge in [-0.15, -0.1) is 21.5 Å². The number of furan rings is 1. The van der Waals surface area contributed by atoms with E-state index < -0.39 is 0 Å². The van der Waals surface area contributed by atoms with E-state index in [1.54, 1.807) is 18.5 Å². The second-order valence-corrected chi connectivity index (χ2v) is 6.82. The highest BCUT2D eigenvalue weighted by molar-refractivity contribution is 8.00. The van der Waals surface area contributed by atoms with Crippen molar-refractivity contribution in [3.05, 3.63) is 30.0 Å². The molecule has 23 heavy (non-hydrogen) atoms. The number of thioether (sulfide) groups is 1. The molecule has 0 aliphatic heterocycles. The zero-order chi connectivity index (χ0) is 16.2. The molecule has 0 aromatic carbocycles. The normalized spacial score (nSPS) is 12.3. The average Bonchev–Trinajstić information content (AvgIpc) is 3.28. The Morgan fingerprint density at radius 2 is 2.39 bits per heavy atom. The molecule has 1 N–H and O–H groups in total. The average molecular weight is 349 g/mol. The lowest BCUT2D eigenvalue weighted by molar-refractivity contribution is -0.115. The van der Waals surface area contributed by atoms with Gasteiger partial charge in [-0.05, 0) is 26.0 Å². The van der Waals surface area contributed by atoms with E-state index in [1.807, 2.05) is 29.9 Å². The number of hydrogen-bond acceptors (Lipinski definition) is 7. The number of amides is 1. The van der Waals surface area contributed by atoms with Gasteiger partial charge in [0.2, 0.25) is 5.91 Å². The van der Waals surface area contributed by atoms with Gasteiger partial charge < -0.3 is 9.73 Å². The summed E-state index contributed by atoms with van der Waals surface area (Å²) in [6.07, 6.45) is 3.25. The van der Waals surface area contributed by atoms with Crippen LogP contribution in [0.5, 0.6) is 0 Å². The number of rotatable bonds is 6. The molecule has 0 saturated heterocycles. The summed E-state index contributed by atoms with van der Waals surface area (Å²) < 4.78 is 7.31. The molecule has 0 fully saturated rings. The number of carbonyl (C=O) groups excluding carboxylic acids is 1. The van der Waals surface area contributed by atoms with Gasteiger partial charge in [-0.1, -0.05) is 11.8 Å². The summed E-state index contributed by atoms with van der Waals surface area (Å²) >= 11 is 2.74. The van der Waals surface area contributed by atoms with Crippen molar-refractivity contribution in [2.75, 3.05) is 5.32 Å². The third-order valence-electron chi connectivity index (χ3n) is 3.09. The number of aromatic nitrogens is 4. The van der Waals surface area contributed by atoms with Crippen molar-refractivity contribution in [3.8, 4) is 11.6 Å². The second-order valence-electron chi connectivity index (χ2n) is 4.61. The summed E-state index contributed by atoms with van der Waals surface area (Å²) in [6.45, 7) is 4.52. The molecule has 7 nitrogen and oxygen atoms in total. The number of hydrogen-bond donors (Lipinski definition) is 1. The van der Waals surface area contributed by atoms with E-state index in [0.717, 1.165) is 0 Å². The van der Waals surface area contributed by atoms with E-state index in [9.17, 15) is 4.79 Å². The minimum atomic E-state index is -0.321. The van der Waals surface area contributed by atoms with Crippen molar-refractivity contribution in [1.29, 1.82) is 0 Å². The fraction of sp³-hybridized carbons (Fsp3) is 0.286. The molecule has 1 atom stereocenters. The van der Waals surface area contributed by atoms with Crippen molar-refractivity contribution in [2.24, 2.45) is 0 Å². The maximum atomic E-state index is 12.2. The van der Waals surface area contributed by atoms with Crippen LogP contribution in [0.2, 0.25) is 0 Å². The van der Waals surface area contributed by atoms with Crippen LogP contribution in [-0.2, 0) is 11.3 Å². The smallest absolute Gasteiger partial charge is 0.239 e. The predicted octanol–water partition coefficient (Wildman–Crippen LogP) is 3.13. The van der Waals surface area contributed by atoms with Crippen LogP contribution >= 0.6 is 23.1 Å². The first kappa shape index (κ1) is 15.8. The number of nitrogens with zero attached hydrogens (tertiary/aromatic N) is 4. The largest absolute Gasteiger partial charge is 0.461 e. The van der Waals surface area contributed by atoms with Gasteiger partial charge in [0.1, 0.15) is 0 Å². The zero-order valence-corrected chi connectivity index (χ0v) is 14.2. The molecular weight excluding hydrogens is 334 g/mol. The lowest BCUT2D eigenvalue weighted by Gasteiger charge is -2.11. The van der Waals surface area contributed by atoms with Gasteiger partial charge in [0, 0.05) is 18.1 Å². The summed E-state index contributed by atoms with van der Waals surface area (Å²) in [7, 11) is 0. The molecule has 1 unspecified atom stereocenters. The lowest BCUT2D eigenvalue weighted by Crippen LogP contribution is -2.22. The molecule has 3 aromatic heterocycles. The van der Waals surface area contributed by atoms with Crippen molar-refractivity contribution < 1.29 is 9.21 Å². The highest BCUT2D eigenvalue weighted by Crippen LogP contribution is 2.27. The molecule has 3 aromatic rings. The lowest BCUT2D eigenvalue weighted by atomic mass is 10.4. The summed E-state index contributed by atoms with van der Waals surface area (Å²) in [5.41, 5.74) is 0. The van der Waals surface area contributed by atoms with Gasteiger partial charge in [-0.3, -0.25) is 9.36 Å². The Hall–Kier alpha value is -2.13. The fourth-order valence-electron chi connectivity index (χ4n) is 1.95. The Labute approximate surface area is 141 Å². The highest BCUT2D eigenvalue weighted by Gasteiger charge is 2.21. The molecule has 3 rings (SSSR count). The molecular formula is C14H15N5O2S2. The maximum absolute atomic E-state index is 12.2. The Morgan fingerprint density at radius 1 is 1.52 bits per heavy atom. The molecule has 0 radical (unpaired) electrons. The van der Waals surface area contributed by atoms with Gasteiger partial charge >= 0.3 is 0 Å². The molecule has 0 bridgehead atoms. The quantitative estimate of drug-likeness (QED) is 0.688. The van der Waals surface area contributed by atoms with Crippen molar-refractivity contribution in [2.45, 2.75) is 30.8 Å². The van der Waals surface area contributed by atoms with Crippen LogP contribution in [0, 0.1) is 0 Å². The highest BCUT2D eigenvalue weighted by atomic mass is 32.2. The number of carbonyl (C=O) groups is 1. The standard InChI is InChI=1S/C14H15N5O2S2/c1-3-19-11(10-5-4-7-21-10)17-18-14(19)23-9(2)12(20)16-13-15-6-8-22-13/h4-9H,3H2,1-2H3,(H,15,16,20). The molecule has 120 valence electrons. The van der Waals surface area contributed by atoms with Crippen molar-refractivity contribution >= 4 is 34.1 Å². The van der Waals surface area contributed by atoms with Crippen LogP contribution in [0.1, 0.15) is 13.8 Å². The first-order chi connectivity index (χ1) is 11.2. The van der Waals surface area contributed by atoms with E-state index in [4.69, 9.17) is 4.42 Å². The third kappa shape index (κ3) is 3.45. The van der Waals surface area contributed by atoms with Gasteiger partial charge in [0.15, 0.2) is 21.9 Å². The molecule has 9 heteroatoms. The first-order valence-electron chi connectivity index (χ1n) is 7.03. The van der Waals surface area contributed by atoms with Crippen molar-refractivity contribution in [1.82, 2.24) is 19.7 Å². The zero-order valence-electron chi connectivity index (χ0n) is 12.6. The second kappa shape index (κ2) is 6.97. The first-order valence-corrected chi connectivity index (χ1v) is 8.79. The molecule has 0 saturated carbocycles. The summed E-state index contributed by atoms with van der Waals surface area (Å²) in [4.78, 5) is 16.3. The SMILES string of the molecule is CCn1c(SC(C)C(=O)Nc2nccs2)nnc1-c1ccco1. The molecule has 3 heterocycles. The number of anilines is 1. The minimum absolute atomic E-state index is 0.116. The Kier molecular flexibility index (Phi) is 4.77. The Bertz CT molecular complexity index is 767. The molecule has 0 aliphatic carbocycles. The van der Waals surface area contributed by atoms with Crippen LogP contribution in [0.25, 0.3) is 11.6 Å². The monoisotopic (exact) mass is 349 g/mol. The minimum Gasteiger partial charge on any atom is -0.461 e. The van der Waals surface area contributed by atoms with E-state index in [1.165, 1.54) is 23.1 Å². The van der Waals surface area contributed by atoms with E-state index >= 15 is 0 Å². The topological polar surface area (TPSA) is 85.8 Å². The van der Waals surface area contributed by atoms with Crippen LogP contribution in [-0.4, -0.2) is 30.9 Å². The van der Waals surface area contributed by atoms with Gasteiger partial charge in [0.25, 0.3) is 0 Å². The fourth-order valence-corrected chi connectivity index (χ4v) is 3.40. The van der Waals surface area contributed by atoms with Gasteiger partial charge in [-0.2, -0.15) is 0 Å². The summed E-state index contributed by atoms with van der Waals surface area (Å²) in [5.74, 6) is 1.20. The van der Waals surface area contributed by atoms with Crippen LogP contribution in [0.4, 0.5) is 5.13 Å². The van der Waals surface area contributed by atoms with Crippen LogP contribution in [0.3, 0.4) is 0 Å². The van der Waals surface area contributed by atoms with E-state index in [0.29, 0.717) is 28.4 Å². The third-order valence-corrected chi connectivity index (χ3v) is 4.86. The Balaban J connectivity index is 1.73. The van der Waals surface area contributed by atoms with Gasteiger partial charge in [-0.25, -0.2) is 4.98 Å².